The summed E-state index contributed by atoms with van der Waals surface area (Å²) in [7, 11) is 4.18. The van der Waals surface area contributed by atoms with Gasteiger partial charge < -0.3 is 14.9 Å². The van der Waals surface area contributed by atoms with E-state index >= 15 is 0 Å². The molecule has 1 saturated heterocycles. The second-order valence-corrected chi connectivity index (χ2v) is 5.36. The van der Waals surface area contributed by atoms with E-state index in [4.69, 9.17) is 5.11 Å². The zero-order valence-corrected chi connectivity index (χ0v) is 10.3. The number of hydrogen-bond acceptors (Lipinski definition) is 4. The molecule has 0 aromatic carbocycles. The lowest BCUT2D eigenvalue weighted by atomic mass is 10.2. The van der Waals surface area contributed by atoms with E-state index in [1.807, 2.05) is 6.07 Å². The van der Waals surface area contributed by atoms with Gasteiger partial charge in [-0.1, -0.05) is 0 Å². The summed E-state index contributed by atoms with van der Waals surface area (Å²) in [6.07, 6.45) is 1.15. The smallest absolute Gasteiger partial charge is 0.345 e. The third-order valence-corrected chi connectivity index (χ3v) is 4.14. The zero-order chi connectivity index (χ0) is 11.7. The predicted molar refractivity (Wildman–Crippen MR) is 65.6 cm³/mol. The van der Waals surface area contributed by atoms with Crippen LogP contribution in [0.25, 0.3) is 0 Å². The summed E-state index contributed by atoms with van der Waals surface area (Å²) in [5.41, 5.74) is 0. The SMILES string of the molecule is CN(C)[C@H]1CCN(c2ccc(C(=O)O)s2)C1. The van der Waals surface area contributed by atoms with E-state index in [9.17, 15) is 4.79 Å². The number of carboxylic acid groups (broad SMARTS) is 1. The van der Waals surface area contributed by atoms with Gasteiger partial charge in [0.15, 0.2) is 0 Å². The first kappa shape index (κ1) is 11.4. The fourth-order valence-corrected chi connectivity index (χ4v) is 2.86. The first-order valence-electron chi connectivity index (χ1n) is 5.32. The molecule has 1 atom stereocenters. The lowest BCUT2D eigenvalue weighted by Crippen LogP contribution is -2.31. The predicted octanol–water partition coefficient (Wildman–Crippen LogP) is 1.59. The van der Waals surface area contributed by atoms with Gasteiger partial charge in [-0.2, -0.15) is 0 Å². The lowest BCUT2D eigenvalue weighted by molar-refractivity contribution is 0.0702. The van der Waals surface area contributed by atoms with Gasteiger partial charge in [-0.25, -0.2) is 4.79 Å². The third kappa shape index (κ3) is 2.20. The van der Waals surface area contributed by atoms with Crippen LogP contribution in [-0.4, -0.2) is 49.2 Å². The van der Waals surface area contributed by atoms with Gasteiger partial charge in [-0.05, 0) is 32.6 Å². The molecule has 0 saturated carbocycles. The van der Waals surface area contributed by atoms with E-state index in [2.05, 4.69) is 23.9 Å². The van der Waals surface area contributed by atoms with Gasteiger partial charge in [0.1, 0.15) is 4.88 Å². The van der Waals surface area contributed by atoms with Gasteiger partial charge in [0.2, 0.25) is 0 Å². The van der Waals surface area contributed by atoms with Crippen molar-refractivity contribution in [3.8, 4) is 0 Å². The number of likely N-dealkylation sites (N-methyl/N-ethyl adjacent to an activating group) is 1. The first-order valence-corrected chi connectivity index (χ1v) is 6.14. The molecule has 0 unspecified atom stereocenters. The number of hydrogen-bond donors (Lipinski definition) is 1. The molecule has 88 valence electrons. The topological polar surface area (TPSA) is 43.8 Å². The number of anilines is 1. The number of aromatic carboxylic acids is 1. The highest BCUT2D eigenvalue weighted by Crippen LogP contribution is 2.29. The minimum atomic E-state index is -0.834. The van der Waals surface area contributed by atoms with Crippen molar-refractivity contribution in [3.05, 3.63) is 17.0 Å². The summed E-state index contributed by atoms with van der Waals surface area (Å²) >= 11 is 1.36. The molecule has 1 aliphatic heterocycles. The Bertz CT molecular complexity index is 389. The van der Waals surface area contributed by atoms with E-state index in [1.165, 1.54) is 11.3 Å². The summed E-state index contributed by atoms with van der Waals surface area (Å²) in [6.45, 7) is 2.01. The average Bonchev–Trinajstić information content (AvgIpc) is 2.86. The van der Waals surface area contributed by atoms with Crippen LogP contribution >= 0.6 is 11.3 Å². The standard InChI is InChI=1S/C11H16N2O2S/c1-12(2)8-5-6-13(7-8)10-4-3-9(16-10)11(14)15/h3-4,8H,5-7H2,1-2H3,(H,14,15)/t8-/m0/s1. The van der Waals surface area contributed by atoms with Crippen LogP contribution in [0.3, 0.4) is 0 Å². The van der Waals surface area contributed by atoms with E-state index in [1.54, 1.807) is 6.07 Å². The molecular weight excluding hydrogens is 224 g/mol. The van der Waals surface area contributed by atoms with E-state index < -0.39 is 5.97 Å². The fraction of sp³-hybridized carbons (Fsp3) is 0.545. The van der Waals surface area contributed by atoms with Crippen LogP contribution in [0, 0.1) is 0 Å². The Morgan fingerprint density at radius 1 is 1.56 bits per heavy atom. The molecule has 1 aliphatic rings. The van der Waals surface area contributed by atoms with Crippen molar-refractivity contribution in [2.24, 2.45) is 0 Å². The molecule has 5 heteroatoms. The van der Waals surface area contributed by atoms with Gasteiger partial charge >= 0.3 is 5.97 Å². The van der Waals surface area contributed by atoms with Crippen molar-refractivity contribution in [1.82, 2.24) is 4.90 Å². The third-order valence-electron chi connectivity index (χ3n) is 3.01. The Hall–Kier alpha value is -1.07. The summed E-state index contributed by atoms with van der Waals surface area (Å²) in [5, 5.41) is 9.94. The van der Waals surface area contributed by atoms with Gasteiger partial charge in [0, 0.05) is 19.1 Å². The highest BCUT2D eigenvalue weighted by molar-refractivity contribution is 7.17. The highest BCUT2D eigenvalue weighted by Gasteiger charge is 2.25. The van der Waals surface area contributed by atoms with Gasteiger partial charge in [0.05, 0.1) is 5.00 Å². The van der Waals surface area contributed by atoms with Crippen LogP contribution in [-0.2, 0) is 0 Å². The Labute approximate surface area is 99.1 Å². The minimum Gasteiger partial charge on any atom is -0.477 e. The second kappa shape index (κ2) is 4.43. The molecule has 0 amide bonds. The van der Waals surface area contributed by atoms with Crippen LogP contribution in [0.2, 0.25) is 0 Å². The van der Waals surface area contributed by atoms with Crippen molar-refractivity contribution < 1.29 is 9.90 Å². The maximum Gasteiger partial charge on any atom is 0.345 e. The Morgan fingerprint density at radius 2 is 2.31 bits per heavy atom. The molecule has 0 bridgehead atoms. The summed E-state index contributed by atoms with van der Waals surface area (Å²) in [5.74, 6) is -0.834. The van der Waals surface area contributed by atoms with Crippen molar-refractivity contribution >= 4 is 22.3 Å². The largest absolute Gasteiger partial charge is 0.477 e. The number of rotatable bonds is 3. The summed E-state index contributed by atoms with van der Waals surface area (Å²) < 4.78 is 0. The fourth-order valence-electron chi connectivity index (χ4n) is 1.98. The van der Waals surface area contributed by atoms with Crippen LogP contribution in [0.4, 0.5) is 5.00 Å². The maximum atomic E-state index is 10.8. The number of carboxylic acids is 1. The summed E-state index contributed by atoms with van der Waals surface area (Å²) in [6, 6.07) is 4.17. The molecule has 4 nitrogen and oxygen atoms in total. The van der Waals surface area contributed by atoms with Crippen LogP contribution in [0.1, 0.15) is 16.1 Å². The maximum absolute atomic E-state index is 10.8. The Kier molecular flexibility index (Phi) is 3.16. The molecule has 1 aromatic heterocycles. The molecule has 2 heterocycles. The van der Waals surface area contributed by atoms with Gasteiger partial charge in [0.25, 0.3) is 0 Å². The first-order chi connectivity index (χ1) is 7.58. The van der Waals surface area contributed by atoms with Crippen LogP contribution in [0.5, 0.6) is 0 Å². The van der Waals surface area contributed by atoms with E-state index in [0.717, 1.165) is 24.5 Å². The Balaban J connectivity index is 2.06. The number of thiophene rings is 1. The van der Waals surface area contributed by atoms with Crippen molar-refractivity contribution in [2.45, 2.75) is 12.5 Å². The molecule has 0 spiro atoms. The molecular formula is C11H16N2O2S. The monoisotopic (exact) mass is 240 g/mol. The van der Waals surface area contributed by atoms with Crippen molar-refractivity contribution in [3.63, 3.8) is 0 Å². The molecule has 1 N–H and O–H groups in total. The van der Waals surface area contributed by atoms with Gasteiger partial charge in [-0.3, -0.25) is 0 Å². The molecule has 1 aromatic rings. The minimum absolute atomic E-state index is 0.420. The molecule has 0 radical (unpaired) electrons. The lowest BCUT2D eigenvalue weighted by Gasteiger charge is -2.20. The van der Waals surface area contributed by atoms with Crippen LogP contribution in [0.15, 0.2) is 12.1 Å². The van der Waals surface area contributed by atoms with Crippen LogP contribution < -0.4 is 4.90 Å². The summed E-state index contributed by atoms with van der Waals surface area (Å²) in [4.78, 5) is 15.7. The molecule has 1 fully saturated rings. The highest BCUT2D eigenvalue weighted by atomic mass is 32.1. The van der Waals surface area contributed by atoms with Gasteiger partial charge in [-0.15, -0.1) is 11.3 Å². The molecule has 0 aliphatic carbocycles. The quantitative estimate of drug-likeness (QED) is 0.871. The zero-order valence-electron chi connectivity index (χ0n) is 9.51. The normalized spacial score (nSPS) is 20.7. The van der Waals surface area contributed by atoms with E-state index in [-0.39, 0.29) is 0 Å². The number of nitrogens with zero attached hydrogens (tertiary/aromatic N) is 2. The van der Waals surface area contributed by atoms with Crippen molar-refractivity contribution in [1.29, 1.82) is 0 Å². The average molecular weight is 240 g/mol. The molecule has 16 heavy (non-hydrogen) atoms. The second-order valence-electron chi connectivity index (χ2n) is 4.30. The van der Waals surface area contributed by atoms with E-state index in [0.29, 0.717) is 10.9 Å². The Morgan fingerprint density at radius 3 is 2.81 bits per heavy atom. The van der Waals surface area contributed by atoms with Crippen molar-refractivity contribution in [2.75, 3.05) is 32.1 Å². The number of carbonyl (C=O) groups is 1. The molecule has 2 rings (SSSR count).